The highest BCUT2D eigenvalue weighted by Crippen LogP contribution is 2.33. The molecule has 6 nitrogen and oxygen atoms in total. The highest BCUT2D eigenvalue weighted by atomic mass is 35.5. The Labute approximate surface area is 158 Å². The summed E-state index contributed by atoms with van der Waals surface area (Å²) in [5.41, 5.74) is 1.09. The van der Waals surface area contributed by atoms with E-state index < -0.39 is 0 Å². The van der Waals surface area contributed by atoms with Gasteiger partial charge in [-0.05, 0) is 43.9 Å². The molecule has 1 aromatic rings. The van der Waals surface area contributed by atoms with Crippen molar-refractivity contribution in [3.05, 3.63) is 23.2 Å². The van der Waals surface area contributed by atoms with Crippen molar-refractivity contribution in [2.45, 2.75) is 39.0 Å². The van der Waals surface area contributed by atoms with Gasteiger partial charge >= 0.3 is 0 Å². The Kier molecular flexibility index (Phi) is 5.81. The van der Waals surface area contributed by atoms with Crippen LogP contribution in [0.5, 0.6) is 0 Å². The molecule has 0 atom stereocenters. The van der Waals surface area contributed by atoms with Crippen LogP contribution >= 0.6 is 11.6 Å². The largest absolute Gasteiger partial charge is 0.342 e. The summed E-state index contributed by atoms with van der Waals surface area (Å²) in [5, 5.41) is 6.04. The Bertz CT molecular complexity index is 710. The topological polar surface area (TPSA) is 78.5 Å². The summed E-state index contributed by atoms with van der Waals surface area (Å²) >= 11 is 6.18. The van der Waals surface area contributed by atoms with Gasteiger partial charge in [0, 0.05) is 37.0 Å². The maximum absolute atomic E-state index is 12.6. The lowest BCUT2D eigenvalue weighted by atomic mass is 9.95. The fourth-order valence-corrected chi connectivity index (χ4v) is 3.30. The van der Waals surface area contributed by atoms with E-state index in [0.29, 0.717) is 48.7 Å². The Balaban J connectivity index is 1.57. The van der Waals surface area contributed by atoms with Gasteiger partial charge < -0.3 is 15.5 Å². The van der Waals surface area contributed by atoms with Crippen LogP contribution in [0, 0.1) is 11.8 Å². The van der Waals surface area contributed by atoms with Gasteiger partial charge in [-0.1, -0.05) is 18.5 Å². The lowest BCUT2D eigenvalue weighted by molar-refractivity contribution is -0.135. The van der Waals surface area contributed by atoms with Gasteiger partial charge in [-0.25, -0.2) is 0 Å². The van der Waals surface area contributed by atoms with Crippen LogP contribution in [0.2, 0.25) is 5.02 Å². The molecule has 7 heteroatoms. The number of piperidine rings is 1. The van der Waals surface area contributed by atoms with Gasteiger partial charge in [0.15, 0.2) is 0 Å². The van der Waals surface area contributed by atoms with Crippen molar-refractivity contribution < 1.29 is 14.4 Å². The molecule has 1 saturated heterocycles. The van der Waals surface area contributed by atoms with Crippen molar-refractivity contribution in [3.63, 3.8) is 0 Å². The van der Waals surface area contributed by atoms with Gasteiger partial charge in [0.05, 0.1) is 10.7 Å². The second kappa shape index (κ2) is 8.08. The van der Waals surface area contributed by atoms with Crippen LogP contribution in [0.1, 0.15) is 39.0 Å². The second-order valence-electron chi connectivity index (χ2n) is 6.96. The number of nitrogens with zero attached hydrogens (tertiary/aromatic N) is 1. The molecule has 1 heterocycles. The molecule has 1 aliphatic heterocycles. The first-order chi connectivity index (χ1) is 12.5. The standard InChI is InChI=1S/C19H24ClN3O3/c1-2-17(24)21-14-5-6-15(20)16(11-14)22-18(25)12-7-9-23(10-8-12)19(26)13-3-4-13/h5-6,11-13H,2-4,7-10H2,1H3,(H,21,24)(H,22,25). The first kappa shape index (κ1) is 18.7. The first-order valence-corrected chi connectivity index (χ1v) is 9.54. The zero-order valence-electron chi connectivity index (χ0n) is 14.9. The third-order valence-electron chi connectivity index (χ3n) is 4.93. The molecule has 2 fully saturated rings. The second-order valence-corrected chi connectivity index (χ2v) is 7.37. The average Bonchev–Trinajstić information content (AvgIpc) is 3.49. The maximum Gasteiger partial charge on any atom is 0.227 e. The molecular weight excluding hydrogens is 354 g/mol. The fourth-order valence-electron chi connectivity index (χ4n) is 3.13. The van der Waals surface area contributed by atoms with E-state index in [1.807, 2.05) is 4.90 Å². The van der Waals surface area contributed by atoms with Gasteiger partial charge in [-0.15, -0.1) is 0 Å². The van der Waals surface area contributed by atoms with E-state index in [2.05, 4.69) is 10.6 Å². The lowest BCUT2D eigenvalue weighted by Gasteiger charge is -2.31. The maximum atomic E-state index is 12.6. The Morgan fingerprint density at radius 3 is 2.38 bits per heavy atom. The molecule has 0 unspecified atom stereocenters. The number of anilines is 2. The Hall–Kier alpha value is -2.08. The summed E-state index contributed by atoms with van der Waals surface area (Å²) in [4.78, 5) is 38.1. The van der Waals surface area contributed by atoms with Gasteiger partial charge in [0.1, 0.15) is 0 Å². The summed E-state index contributed by atoms with van der Waals surface area (Å²) in [6.45, 7) is 3.04. The molecule has 0 bridgehead atoms. The van der Waals surface area contributed by atoms with E-state index in [1.165, 1.54) is 0 Å². The van der Waals surface area contributed by atoms with Crippen LogP contribution < -0.4 is 10.6 Å². The number of amides is 3. The van der Waals surface area contributed by atoms with Crippen molar-refractivity contribution in [3.8, 4) is 0 Å². The number of nitrogens with one attached hydrogen (secondary N) is 2. The third kappa shape index (κ3) is 4.55. The quantitative estimate of drug-likeness (QED) is 0.826. The molecule has 0 radical (unpaired) electrons. The fraction of sp³-hybridized carbons (Fsp3) is 0.526. The number of benzene rings is 1. The minimum Gasteiger partial charge on any atom is -0.342 e. The van der Waals surface area contributed by atoms with Crippen LogP contribution in [-0.2, 0) is 14.4 Å². The molecular formula is C19H24ClN3O3. The summed E-state index contributed by atoms with van der Waals surface area (Å²) < 4.78 is 0. The van der Waals surface area contributed by atoms with Crippen LogP contribution in [0.15, 0.2) is 18.2 Å². The van der Waals surface area contributed by atoms with E-state index in [0.717, 1.165) is 12.8 Å². The van der Waals surface area contributed by atoms with Gasteiger partial charge in [0.2, 0.25) is 17.7 Å². The van der Waals surface area contributed by atoms with E-state index in [1.54, 1.807) is 25.1 Å². The zero-order valence-corrected chi connectivity index (χ0v) is 15.6. The van der Waals surface area contributed by atoms with Crippen molar-refractivity contribution in [2.75, 3.05) is 23.7 Å². The third-order valence-corrected chi connectivity index (χ3v) is 5.26. The van der Waals surface area contributed by atoms with Crippen LogP contribution in [-0.4, -0.2) is 35.7 Å². The number of carbonyl (C=O) groups excluding carboxylic acids is 3. The number of carbonyl (C=O) groups is 3. The predicted molar refractivity (Wildman–Crippen MR) is 101 cm³/mol. The van der Waals surface area contributed by atoms with E-state index in [-0.39, 0.29) is 29.6 Å². The molecule has 140 valence electrons. The molecule has 2 N–H and O–H groups in total. The van der Waals surface area contributed by atoms with Crippen LogP contribution in [0.3, 0.4) is 0 Å². The molecule has 3 amide bonds. The highest BCUT2D eigenvalue weighted by Gasteiger charge is 2.36. The van der Waals surface area contributed by atoms with Crippen molar-refractivity contribution >= 4 is 40.7 Å². The number of rotatable bonds is 5. The lowest BCUT2D eigenvalue weighted by Crippen LogP contribution is -2.42. The van der Waals surface area contributed by atoms with E-state index in [4.69, 9.17) is 11.6 Å². The Morgan fingerprint density at radius 1 is 1.08 bits per heavy atom. The smallest absolute Gasteiger partial charge is 0.227 e. The van der Waals surface area contributed by atoms with Gasteiger partial charge in [0.25, 0.3) is 0 Å². The van der Waals surface area contributed by atoms with Crippen LogP contribution in [0.4, 0.5) is 11.4 Å². The first-order valence-electron chi connectivity index (χ1n) is 9.17. The predicted octanol–water partition coefficient (Wildman–Crippen LogP) is 3.28. The number of halogens is 1. The van der Waals surface area contributed by atoms with Crippen molar-refractivity contribution in [1.82, 2.24) is 4.90 Å². The normalized spacial score (nSPS) is 17.7. The average molecular weight is 378 g/mol. The van der Waals surface area contributed by atoms with Crippen LogP contribution in [0.25, 0.3) is 0 Å². The minimum atomic E-state index is -0.136. The summed E-state index contributed by atoms with van der Waals surface area (Å²) in [6, 6.07) is 5.02. The van der Waals surface area contributed by atoms with Gasteiger partial charge in [-0.2, -0.15) is 0 Å². The molecule has 2 aliphatic rings. The number of hydrogen-bond acceptors (Lipinski definition) is 3. The SMILES string of the molecule is CCC(=O)Nc1ccc(Cl)c(NC(=O)C2CCN(C(=O)C3CC3)CC2)c1. The molecule has 0 spiro atoms. The summed E-state index contributed by atoms with van der Waals surface area (Å²) in [6.07, 6.45) is 3.70. The number of hydrogen-bond donors (Lipinski definition) is 2. The molecule has 3 rings (SSSR count). The Morgan fingerprint density at radius 2 is 1.77 bits per heavy atom. The minimum absolute atomic E-state index is 0.0932. The molecule has 26 heavy (non-hydrogen) atoms. The monoisotopic (exact) mass is 377 g/mol. The summed E-state index contributed by atoms with van der Waals surface area (Å²) in [5.74, 6) is 0.136. The van der Waals surface area contributed by atoms with Gasteiger partial charge in [-0.3, -0.25) is 14.4 Å². The summed E-state index contributed by atoms with van der Waals surface area (Å²) in [7, 11) is 0. The van der Waals surface area contributed by atoms with E-state index >= 15 is 0 Å². The van der Waals surface area contributed by atoms with E-state index in [9.17, 15) is 14.4 Å². The molecule has 1 aromatic carbocycles. The highest BCUT2D eigenvalue weighted by molar-refractivity contribution is 6.33. The number of likely N-dealkylation sites (tertiary alicyclic amines) is 1. The molecule has 1 saturated carbocycles. The molecule has 1 aliphatic carbocycles. The molecule has 0 aromatic heterocycles. The van der Waals surface area contributed by atoms with Crippen molar-refractivity contribution in [2.24, 2.45) is 11.8 Å². The van der Waals surface area contributed by atoms with Crippen molar-refractivity contribution in [1.29, 1.82) is 0 Å². The zero-order chi connectivity index (χ0) is 18.7.